The zero-order chi connectivity index (χ0) is 17.9. The monoisotopic (exact) mass is 349 g/mol. The first-order valence-electron chi connectivity index (χ1n) is 8.64. The normalized spacial score (nSPS) is 14.5. The molecule has 0 radical (unpaired) electrons. The summed E-state index contributed by atoms with van der Waals surface area (Å²) in [7, 11) is 0. The van der Waals surface area contributed by atoms with Gasteiger partial charge in [-0.05, 0) is 16.8 Å². The van der Waals surface area contributed by atoms with E-state index < -0.39 is 0 Å². The topological polar surface area (TPSA) is 64.4 Å². The van der Waals surface area contributed by atoms with Gasteiger partial charge in [0.05, 0.1) is 18.9 Å². The van der Waals surface area contributed by atoms with Gasteiger partial charge in [0.25, 0.3) is 5.56 Å². The standard InChI is InChI=1S/C20H19N3O3/c24-19-9-8-18(17-7-3-5-15-4-1-2-6-16(15)17)21-23(19)14-20(25)22-10-12-26-13-11-22/h1-9H,10-14H2. The summed E-state index contributed by atoms with van der Waals surface area (Å²) < 4.78 is 6.51. The number of benzene rings is 2. The van der Waals surface area contributed by atoms with E-state index in [2.05, 4.69) is 5.10 Å². The third-order valence-electron chi connectivity index (χ3n) is 4.58. The van der Waals surface area contributed by atoms with Gasteiger partial charge in [0.15, 0.2) is 0 Å². The fourth-order valence-electron chi connectivity index (χ4n) is 3.20. The molecule has 1 fully saturated rings. The Balaban J connectivity index is 1.68. The van der Waals surface area contributed by atoms with Gasteiger partial charge in [-0.2, -0.15) is 5.10 Å². The van der Waals surface area contributed by atoms with E-state index in [1.807, 2.05) is 42.5 Å². The Morgan fingerprint density at radius 3 is 2.62 bits per heavy atom. The molecule has 0 spiro atoms. The van der Waals surface area contributed by atoms with Crippen LogP contribution in [0.5, 0.6) is 0 Å². The Bertz CT molecular complexity index is 1000. The van der Waals surface area contributed by atoms with Crippen molar-refractivity contribution in [2.75, 3.05) is 26.3 Å². The van der Waals surface area contributed by atoms with Gasteiger partial charge < -0.3 is 9.64 Å². The van der Waals surface area contributed by atoms with Gasteiger partial charge in [0.2, 0.25) is 5.91 Å². The average molecular weight is 349 g/mol. The van der Waals surface area contributed by atoms with Crippen LogP contribution in [-0.2, 0) is 16.1 Å². The molecule has 26 heavy (non-hydrogen) atoms. The summed E-state index contributed by atoms with van der Waals surface area (Å²) in [5.41, 5.74) is 1.34. The lowest BCUT2D eigenvalue weighted by atomic mass is 10.0. The summed E-state index contributed by atoms with van der Waals surface area (Å²) in [5.74, 6) is -0.113. The van der Waals surface area contributed by atoms with Crippen molar-refractivity contribution in [3.63, 3.8) is 0 Å². The van der Waals surface area contributed by atoms with E-state index in [1.165, 1.54) is 10.7 Å². The minimum atomic E-state index is -0.282. The molecule has 1 aliphatic heterocycles. The second-order valence-corrected chi connectivity index (χ2v) is 6.23. The highest BCUT2D eigenvalue weighted by molar-refractivity contribution is 5.95. The lowest BCUT2D eigenvalue weighted by Gasteiger charge is -2.26. The predicted molar refractivity (Wildman–Crippen MR) is 98.8 cm³/mol. The van der Waals surface area contributed by atoms with E-state index in [9.17, 15) is 9.59 Å². The van der Waals surface area contributed by atoms with Crippen molar-refractivity contribution in [1.82, 2.24) is 14.7 Å². The summed E-state index contributed by atoms with van der Waals surface area (Å²) in [6, 6.07) is 17.2. The lowest BCUT2D eigenvalue weighted by Crippen LogP contribution is -2.43. The number of morpholine rings is 1. The van der Waals surface area contributed by atoms with Crippen molar-refractivity contribution >= 4 is 16.7 Å². The number of rotatable bonds is 3. The van der Waals surface area contributed by atoms with Crippen LogP contribution in [0.2, 0.25) is 0 Å². The molecule has 6 nitrogen and oxygen atoms in total. The minimum Gasteiger partial charge on any atom is -0.378 e. The molecule has 1 amide bonds. The fourth-order valence-corrected chi connectivity index (χ4v) is 3.20. The molecule has 0 saturated carbocycles. The molecule has 0 unspecified atom stereocenters. The highest BCUT2D eigenvalue weighted by Crippen LogP contribution is 2.26. The molecule has 0 atom stereocenters. The van der Waals surface area contributed by atoms with Gasteiger partial charge in [-0.25, -0.2) is 4.68 Å². The van der Waals surface area contributed by atoms with Gasteiger partial charge in [-0.15, -0.1) is 0 Å². The molecule has 1 saturated heterocycles. The SMILES string of the molecule is O=C(Cn1nc(-c2cccc3ccccc23)ccc1=O)N1CCOCC1. The molecule has 1 aromatic heterocycles. The lowest BCUT2D eigenvalue weighted by molar-refractivity contribution is -0.136. The van der Waals surface area contributed by atoms with Gasteiger partial charge in [0, 0.05) is 24.7 Å². The van der Waals surface area contributed by atoms with Crippen LogP contribution in [-0.4, -0.2) is 46.9 Å². The number of amides is 1. The summed E-state index contributed by atoms with van der Waals surface area (Å²) in [5, 5.41) is 6.62. The number of carbonyl (C=O) groups is 1. The third kappa shape index (κ3) is 3.23. The third-order valence-corrected chi connectivity index (χ3v) is 4.58. The summed E-state index contributed by atoms with van der Waals surface area (Å²) in [6.45, 7) is 2.11. The molecule has 0 bridgehead atoms. The molecule has 4 rings (SSSR count). The highest BCUT2D eigenvalue weighted by atomic mass is 16.5. The van der Waals surface area contributed by atoms with Crippen LogP contribution in [0.3, 0.4) is 0 Å². The molecule has 2 heterocycles. The average Bonchev–Trinajstić information content (AvgIpc) is 2.70. The van der Waals surface area contributed by atoms with Gasteiger partial charge >= 0.3 is 0 Å². The van der Waals surface area contributed by atoms with Crippen LogP contribution in [0.25, 0.3) is 22.0 Å². The van der Waals surface area contributed by atoms with Gasteiger partial charge in [-0.3, -0.25) is 9.59 Å². The van der Waals surface area contributed by atoms with Gasteiger partial charge in [0.1, 0.15) is 6.54 Å². The van der Waals surface area contributed by atoms with Crippen molar-refractivity contribution < 1.29 is 9.53 Å². The first kappa shape index (κ1) is 16.5. The quantitative estimate of drug-likeness (QED) is 0.725. The number of carbonyl (C=O) groups excluding carboxylic acids is 1. The van der Waals surface area contributed by atoms with Crippen LogP contribution in [0.4, 0.5) is 0 Å². The van der Waals surface area contributed by atoms with Crippen LogP contribution < -0.4 is 5.56 Å². The van der Waals surface area contributed by atoms with E-state index in [4.69, 9.17) is 4.74 Å². The van der Waals surface area contributed by atoms with Gasteiger partial charge in [-0.1, -0.05) is 42.5 Å². The van der Waals surface area contributed by atoms with E-state index in [0.717, 1.165) is 16.3 Å². The van der Waals surface area contributed by atoms with Crippen molar-refractivity contribution in [1.29, 1.82) is 0 Å². The molecular weight excluding hydrogens is 330 g/mol. The number of nitrogens with zero attached hydrogens (tertiary/aromatic N) is 3. The zero-order valence-corrected chi connectivity index (χ0v) is 14.3. The molecule has 6 heteroatoms. The largest absolute Gasteiger partial charge is 0.378 e. The minimum absolute atomic E-state index is 0.0581. The molecular formula is C20H19N3O3. The zero-order valence-electron chi connectivity index (χ0n) is 14.3. The number of aromatic nitrogens is 2. The van der Waals surface area contributed by atoms with Crippen LogP contribution in [0.15, 0.2) is 59.4 Å². The van der Waals surface area contributed by atoms with E-state index >= 15 is 0 Å². The Morgan fingerprint density at radius 1 is 1.00 bits per heavy atom. The maximum atomic E-state index is 12.5. The van der Waals surface area contributed by atoms with Crippen molar-refractivity contribution in [3.8, 4) is 11.3 Å². The Morgan fingerprint density at radius 2 is 1.77 bits per heavy atom. The molecule has 1 aliphatic rings. The smallest absolute Gasteiger partial charge is 0.267 e. The van der Waals surface area contributed by atoms with Crippen LogP contribution in [0, 0.1) is 0 Å². The number of ether oxygens (including phenoxy) is 1. The molecule has 0 N–H and O–H groups in total. The number of hydrogen-bond acceptors (Lipinski definition) is 4. The Hall–Kier alpha value is -2.99. The Labute approximate surface area is 150 Å². The van der Waals surface area contributed by atoms with Crippen LogP contribution >= 0.6 is 0 Å². The predicted octanol–water partition coefficient (Wildman–Crippen LogP) is 1.92. The Kier molecular flexibility index (Phi) is 4.50. The molecule has 132 valence electrons. The maximum absolute atomic E-state index is 12.5. The maximum Gasteiger partial charge on any atom is 0.267 e. The van der Waals surface area contributed by atoms with E-state index in [0.29, 0.717) is 32.0 Å². The van der Waals surface area contributed by atoms with Crippen molar-refractivity contribution in [2.45, 2.75) is 6.54 Å². The number of hydrogen-bond donors (Lipinski definition) is 0. The van der Waals surface area contributed by atoms with E-state index in [1.54, 1.807) is 11.0 Å². The van der Waals surface area contributed by atoms with Crippen molar-refractivity contribution in [2.24, 2.45) is 0 Å². The first-order valence-corrected chi connectivity index (χ1v) is 8.64. The second-order valence-electron chi connectivity index (χ2n) is 6.23. The van der Waals surface area contributed by atoms with E-state index in [-0.39, 0.29) is 18.0 Å². The summed E-state index contributed by atoms with van der Waals surface area (Å²) in [4.78, 5) is 26.4. The van der Waals surface area contributed by atoms with Crippen LogP contribution in [0.1, 0.15) is 0 Å². The number of fused-ring (bicyclic) bond motifs is 1. The molecule has 0 aliphatic carbocycles. The first-order chi connectivity index (χ1) is 12.7. The highest BCUT2D eigenvalue weighted by Gasteiger charge is 2.18. The summed E-state index contributed by atoms with van der Waals surface area (Å²) in [6.07, 6.45) is 0. The fraction of sp³-hybridized carbons (Fsp3) is 0.250. The second kappa shape index (κ2) is 7.09. The molecule has 3 aromatic rings. The van der Waals surface area contributed by atoms with Crippen molar-refractivity contribution in [3.05, 3.63) is 65.0 Å². The summed E-state index contributed by atoms with van der Waals surface area (Å²) >= 11 is 0. The molecule has 2 aromatic carbocycles.